The Morgan fingerprint density at radius 2 is 1.96 bits per heavy atom. The lowest BCUT2D eigenvalue weighted by Crippen LogP contribution is -2.32. The van der Waals surface area contributed by atoms with Crippen molar-refractivity contribution in [2.75, 3.05) is 6.54 Å². The molecule has 1 aromatic carbocycles. The van der Waals surface area contributed by atoms with Crippen LogP contribution in [-0.2, 0) is 16.1 Å². The Kier molecular flexibility index (Phi) is 7.88. The quantitative estimate of drug-likeness (QED) is 0.637. The molecule has 0 unspecified atom stereocenters. The van der Waals surface area contributed by atoms with Crippen molar-refractivity contribution in [2.45, 2.75) is 32.4 Å². The van der Waals surface area contributed by atoms with Crippen LogP contribution in [0.1, 0.15) is 36.2 Å². The van der Waals surface area contributed by atoms with Gasteiger partial charge in [-0.25, -0.2) is 0 Å². The molecule has 0 saturated carbocycles. The van der Waals surface area contributed by atoms with Crippen LogP contribution in [0.5, 0.6) is 0 Å². The van der Waals surface area contributed by atoms with Crippen molar-refractivity contribution in [3.05, 3.63) is 69.9 Å². The molecule has 0 fully saturated rings. The first-order valence-electron chi connectivity index (χ1n) is 8.46. The van der Waals surface area contributed by atoms with Gasteiger partial charge < -0.3 is 10.2 Å². The highest BCUT2D eigenvalue weighted by atomic mass is 35.5. The summed E-state index contributed by atoms with van der Waals surface area (Å²) in [5.41, 5.74) is 1.04. The van der Waals surface area contributed by atoms with Gasteiger partial charge in [-0.3, -0.25) is 9.59 Å². The molecule has 4 nitrogen and oxygen atoms in total. The smallest absolute Gasteiger partial charge is 0.223 e. The molecule has 0 aliphatic rings. The van der Waals surface area contributed by atoms with E-state index in [0.29, 0.717) is 17.4 Å². The molecule has 1 atom stereocenters. The van der Waals surface area contributed by atoms with Gasteiger partial charge in [0.1, 0.15) is 0 Å². The maximum Gasteiger partial charge on any atom is 0.223 e. The third-order valence-electron chi connectivity index (χ3n) is 3.92. The van der Waals surface area contributed by atoms with Gasteiger partial charge in [-0.2, -0.15) is 0 Å². The molecule has 0 bridgehead atoms. The van der Waals surface area contributed by atoms with Crippen molar-refractivity contribution in [1.29, 1.82) is 0 Å². The summed E-state index contributed by atoms with van der Waals surface area (Å²) in [4.78, 5) is 27.3. The van der Waals surface area contributed by atoms with Crippen molar-refractivity contribution in [3.63, 3.8) is 0 Å². The molecule has 1 N–H and O–H groups in total. The van der Waals surface area contributed by atoms with Gasteiger partial charge in [-0.15, -0.1) is 17.9 Å². The standard InChI is InChI=1S/C20H23ClN2O2S/c1-3-13-23(14-17-9-10-18(21)26-17)20(25)12-11-19(24)22-15(2)16-7-5-4-6-8-16/h3-10,15H,1,11-14H2,2H3,(H,22,24)/t15-/m0/s1. The summed E-state index contributed by atoms with van der Waals surface area (Å²) >= 11 is 7.39. The Balaban J connectivity index is 1.84. The van der Waals surface area contributed by atoms with Crippen molar-refractivity contribution in [3.8, 4) is 0 Å². The van der Waals surface area contributed by atoms with Crippen molar-refractivity contribution >= 4 is 34.8 Å². The lowest BCUT2D eigenvalue weighted by molar-refractivity contribution is -0.133. The first kappa shape index (κ1) is 20.2. The Morgan fingerprint density at radius 3 is 2.58 bits per heavy atom. The van der Waals surface area contributed by atoms with Crippen LogP contribution in [0.2, 0.25) is 4.34 Å². The highest BCUT2D eigenvalue weighted by Crippen LogP contribution is 2.23. The normalized spacial score (nSPS) is 11.6. The third-order valence-corrected chi connectivity index (χ3v) is 5.14. The molecule has 2 amide bonds. The van der Waals surface area contributed by atoms with E-state index in [1.807, 2.05) is 49.4 Å². The van der Waals surface area contributed by atoms with Crippen LogP contribution in [0, 0.1) is 0 Å². The lowest BCUT2D eigenvalue weighted by atomic mass is 10.1. The van der Waals surface area contributed by atoms with Crippen molar-refractivity contribution in [2.24, 2.45) is 0 Å². The summed E-state index contributed by atoms with van der Waals surface area (Å²) in [7, 11) is 0. The number of nitrogens with zero attached hydrogens (tertiary/aromatic N) is 1. The Hall–Kier alpha value is -2.11. The zero-order chi connectivity index (χ0) is 18.9. The summed E-state index contributed by atoms with van der Waals surface area (Å²) in [6.45, 7) is 6.55. The van der Waals surface area contributed by atoms with E-state index in [-0.39, 0.29) is 30.7 Å². The van der Waals surface area contributed by atoms with Crippen LogP contribution >= 0.6 is 22.9 Å². The topological polar surface area (TPSA) is 49.4 Å². The number of hydrogen-bond donors (Lipinski definition) is 1. The first-order chi connectivity index (χ1) is 12.5. The minimum absolute atomic E-state index is 0.0723. The lowest BCUT2D eigenvalue weighted by Gasteiger charge is -2.21. The molecule has 0 aliphatic carbocycles. The van der Waals surface area contributed by atoms with E-state index in [9.17, 15) is 9.59 Å². The van der Waals surface area contributed by atoms with Gasteiger partial charge in [0.2, 0.25) is 11.8 Å². The zero-order valence-electron chi connectivity index (χ0n) is 14.8. The fraction of sp³-hybridized carbons (Fsp3) is 0.300. The van der Waals surface area contributed by atoms with Gasteiger partial charge >= 0.3 is 0 Å². The Morgan fingerprint density at radius 1 is 1.23 bits per heavy atom. The number of amides is 2. The summed E-state index contributed by atoms with van der Waals surface area (Å²) in [6, 6.07) is 13.4. The maximum atomic E-state index is 12.5. The van der Waals surface area contributed by atoms with Gasteiger partial charge in [-0.1, -0.05) is 48.0 Å². The van der Waals surface area contributed by atoms with Crippen molar-refractivity contribution in [1.82, 2.24) is 10.2 Å². The predicted molar refractivity (Wildman–Crippen MR) is 107 cm³/mol. The van der Waals surface area contributed by atoms with Gasteiger partial charge in [0, 0.05) is 24.3 Å². The van der Waals surface area contributed by atoms with E-state index in [1.54, 1.807) is 11.0 Å². The van der Waals surface area contributed by atoms with Crippen LogP contribution < -0.4 is 5.32 Å². The van der Waals surface area contributed by atoms with E-state index in [2.05, 4.69) is 11.9 Å². The average Bonchev–Trinajstić information content (AvgIpc) is 3.05. The van der Waals surface area contributed by atoms with E-state index in [1.165, 1.54) is 11.3 Å². The molecule has 0 saturated heterocycles. The number of hydrogen-bond acceptors (Lipinski definition) is 3. The highest BCUT2D eigenvalue weighted by Gasteiger charge is 2.16. The zero-order valence-corrected chi connectivity index (χ0v) is 16.4. The summed E-state index contributed by atoms with van der Waals surface area (Å²) < 4.78 is 0.695. The minimum Gasteiger partial charge on any atom is -0.350 e. The van der Waals surface area contributed by atoms with E-state index in [0.717, 1.165) is 10.4 Å². The molecule has 26 heavy (non-hydrogen) atoms. The number of carbonyl (C=O) groups excluding carboxylic acids is 2. The molecule has 1 aromatic heterocycles. The SMILES string of the molecule is C=CCN(Cc1ccc(Cl)s1)C(=O)CCC(=O)N[C@@H](C)c1ccccc1. The molecule has 0 radical (unpaired) electrons. The van der Waals surface area contributed by atoms with Crippen LogP contribution in [-0.4, -0.2) is 23.3 Å². The number of benzene rings is 1. The number of halogens is 1. The van der Waals surface area contributed by atoms with E-state index < -0.39 is 0 Å². The molecule has 0 aliphatic heterocycles. The molecule has 138 valence electrons. The number of thiophene rings is 1. The van der Waals surface area contributed by atoms with Crippen LogP contribution in [0.3, 0.4) is 0 Å². The molecular formula is C20H23ClN2O2S. The molecule has 2 rings (SSSR count). The Labute approximate surface area is 163 Å². The van der Waals surface area contributed by atoms with Crippen molar-refractivity contribution < 1.29 is 9.59 Å². The van der Waals surface area contributed by atoms with E-state index >= 15 is 0 Å². The summed E-state index contributed by atoms with van der Waals surface area (Å²) in [5, 5.41) is 2.93. The van der Waals surface area contributed by atoms with Gasteiger partial charge in [0.15, 0.2) is 0 Å². The second-order valence-electron chi connectivity index (χ2n) is 5.97. The van der Waals surface area contributed by atoms with Crippen LogP contribution in [0.15, 0.2) is 55.1 Å². The molecule has 2 aromatic rings. The summed E-state index contributed by atoms with van der Waals surface area (Å²) in [5.74, 6) is -0.204. The molecule has 0 spiro atoms. The van der Waals surface area contributed by atoms with Crippen LogP contribution in [0.4, 0.5) is 0 Å². The molecule has 1 heterocycles. The molecule has 6 heteroatoms. The number of carbonyl (C=O) groups is 2. The average molecular weight is 391 g/mol. The van der Waals surface area contributed by atoms with Gasteiger partial charge in [0.25, 0.3) is 0 Å². The monoisotopic (exact) mass is 390 g/mol. The third kappa shape index (κ3) is 6.32. The second kappa shape index (κ2) is 10.1. The Bertz CT molecular complexity index is 745. The predicted octanol–water partition coefficient (Wildman–Crippen LogP) is 4.57. The van der Waals surface area contributed by atoms with Gasteiger partial charge in [0.05, 0.1) is 16.9 Å². The minimum atomic E-state index is -0.132. The number of nitrogens with one attached hydrogen (secondary N) is 1. The van der Waals surface area contributed by atoms with Crippen LogP contribution in [0.25, 0.3) is 0 Å². The van der Waals surface area contributed by atoms with Gasteiger partial charge in [-0.05, 0) is 24.6 Å². The number of rotatable bonds is 9. The largest absolute Gasteiger partial charge is 0.350 e. The fourth-order valence-electron chi connectivity index (χ4n) is 2.55. The van der Waals surface area contributed by atoms with E-state index in [4.69, 9.17) is 11.6 Å². The maximum absolute atomic E-state index is 12.5. The molecular weight excluding hydrogens is 368 g/mol. The fourth-order valence-corrected chi connectivity index (χ4v) is 3.66. The second-order valence-corrected chi connectivity index (χ2v) is 7.77. The summed E-state index contributed by atoms with van der Waals surface area (Å²) in [6.07, 6.45) is 2.01. The first-order valence-corrected chi connectivity index (χ1v) is 9.66. The highest BCUT2D eigenvalue weighted by molar-refractivity contribution is 7.16.